The highest BCUT2D eigenvalue weighted by molar-refractivity contribution is 7.92. The van der Waals surface area contributed by atoms with Crippen LogP contribution in [0.15, 0.2) is 41.3 Å². The van der Waals surface area contributed by atoms with Crippen molar-refractivity contribution in [3.8, 4) is 0 Å². The van der Waals surface area contributed by atoms with Gasteiger partial charge >= 0.3 is 5.97 Å². The van der Waals surface area contributed by atoms with Gasteiger partial charge in [0.25, 0.3) is 10.0 Å². The average molecular weight is 648 g/mol. The fourth-order valence-corrected chi connectivity index (χ4v) is 7.14. The second-order valence-electron chi connectivity index (χ2n) is 10.9. The van der Waals surface area contributed by atoms with E-state index in [1.165, 1.54) is 0 Å². The zero-order valence-electron chi connectivity index (χ0n) is 24.3. The van der Waals surface area contributed by atoms with E-state index in [1.807, 2.05) is 19.1 Å². The first kappa shape index (κ1) is 36.7. The Labute approximate surface area is 262 Å². The predicted octanol–water partition coefficient (Wildman–Crippen LogP) is 6.48. The minimum absolute atomic E-state index is 0. The monoisotopic (exact) mass is 646 g/mol. The van der Waals surface area contributed by atoms with E-state index in [2.05, 4.69) is 35.3 Å². The zero-order valence-corrected chi connectivity index (χ0v) is 27.6. The first-order valence-corrected chi connectivity index (χ1v) is 14.6. The largest absolute Gasteiger partial charge is 0.478 e. The van der Waals surface area contributed by atoms with Crippen molar-refractivity contribution in [2.75, 3.05) is 35.8 Å². The average Bonchev–Trinajstić information content (AvgIpc) is 2.81. The number of anilines is 2. The van der Waals surface area contributed by atoms with Gasteiger partial charge in [-0.25, -0.2) is 18.2 Å². The van der Waals surface area contributed by atoms with Gasteiger partial charge in [-0.2, -0.15) is 0 Å². The van der Waals surface area contributed by atoms with Crippen LogP contribution >= 0.6 is 37.2 Å². The number of hydrogen-bond donors (Lipinski definition) is 2. The lowest BCUT2D eigenvalue weighted by molar-refractivity contribution is 0.0699. The number of carbonyl (C=O) groups is 1. The summed E-state index contributed by atoms with van der Waals surface area (Å²) in [5.41, 5.74) is 3.22. The Balaban J connectivity index is 0.00000280. The number of aromatic nitrogens is 1. The van der Waals surface area contributed by atoms with Gasteiger partial charge in [0.2, 0.25) is 0 Å². The lowest BCUT2D eigenvalue weighted by Crippen LogP contribution is -2.50. The van der Waals surface area contributed by atoms with Crippen LogP contribution in [-0.2, 0) is 10.0 Å². The Hall–Kier alpha value is -2.30. The number of sulfonamides is 1. The van der Waals surface area contributed by atoms with Crippen LogP contribution < -0.4 is 9.62 Å². The summed E-state index contributed by atoms with van der Waals surface area (Å²) in [6, 6.07) is 10.6. The van der Waals surface area contributed by atoms with Gasteiger partial charge in [0.05, 0.1) is 16.0 Å². The van der Waals surface area contributed by atoms with E-state index in [0.29, 0.717) is 45.5 Å². The number of hydrogen-bond acceptors (Lipinski definition) is 6. The van der Waals surface area contributed by atoms with E-state index < -0.39 is 16.0 Å². The van der Waals surface area contributed by atoms with Crippen LogP contribution in [0.5, 0.6) is 0 Å². The maximum Gasteiger partial charge on any atom is 0.336 e. The van der Waals surface area contributed by atoms with Crippen molar-refractivity contribution in [1.29, 1.82) is 0 Å². The fourth-order valence-electron chi connectivity index (χ4n) is 5.63. The number of nitrogens with zero attached hydrogens (tertiary/aromatic N) is 3. The van der Waals surface area contributed by atoms with Crippen molar-refractivity contribution in [3.63, 3.8) is 0 Å². The predicted molar refractivity (Wildman–Crippen MR) is 175 cm³/mol. The number of nitrogens with one attached hydrogen (secondary N) is 1. The van der Waals surface area contributed by atoms with E-state index in [0.717, 1.165) is 38.2 Å². The molecule has 12 heteroatoms. The second-order valence-corrected chi connectivity index (χ2v) is 12.5. The van der Waals surface area contributed by atoms with Gasteiger partial charge in [0, 0.05) is 43.3 Å². The van der Waals surface area contributed by atoms with E-state index >= 15 is 0 Å². The van der Waals surface area contributed by atoms with Crippen molar-refractivity contribution >= 4 is 75.6 Å². The number of benzene rings is 2. The van der Waals surface area contributed by atoms with E-state index in [1.54, 1.807) is 38.1 Å². The molecule has 2 aromatic carbocycles. The topological polar surface area (TPSA) is 103 Å². The highest BCUT2D eigenvalue weighted by atomic mass is 35.5. The number of pyridine rings is 1. The number of rotatable bonds is 8. The molecule has 0 amide bonds. The van der Waals surface area contributed by atoms with Gasteiger partial charge in [-0.1, -0.05) is 31.5 Å². The Morgan fingerprint density at radius 2 is 1.54 bits per heavy atom. The molecule has 0 spiro atoms. The Kier molecular flexibility index (Phi) is 13.2. The zero-order chi connectivity index (χ0) is 27.8. The van der Waals surface area contributed by atoms with Crippen LogP contribution in [0.4, 0.5) is 11.5 Å². The third-order valence-corrected chi connectivity index (χ3v) is 8.91. The second kappa shape index (κ2) is 14.7. The van der Waals surface area contributed by atoms with Gasteiger partial charge in [-0.05, 0) is 75.4 Å². The van der Waals surface area contributed by atoms with Crippen LogP contribution in [0.1, 0.15) is 54.2 Å². The molecule has 1 aliphatic rings. The first-order valence-electron chi connectivity index (χ1n) is 13.1. The number of fused-ring (bicyclic) bond motifs is 1. The highest BCUT2D eigenvalue weighted by Gasteiger charge is 2.25. The molecule has 0 aliphatic carbocycles. The van der Waals surface area contributed by atoms with Gasteiger partial charge in [-0.3, -0.25) is 9.62 Å². The van der Waals surface area contributed by atoms with E-state index in [4.69, 9.17) is 4.98 Å². The molecule has 0 bridgehead atoms. The van der Waals surface area contributed by atoms with Crippen LogP contribution in [0.25, 0.3) is 10.9 Å². The fraction of sp³-hybridized carbons (Fsp3) is 0.448. The summed E-state index contributed by atoms with van der Waals surface area (Å²) in [6.45, 7) is 15.5. The number of carboxylic acid groups (broad SMARTS) is 1. The molecule has 0 saturated carbocycles. The maximum atomic E-state index is 13.2. The van der Waals surface area contributed by atoms with Gasteiger partial charge in [0.1, 0.15) is 5.82 Å². The molecule has 8 nitrogen and oxygen atoms in total. The summed E-state index contributed by atoms with van der Waals surface area (Å²) in [7, 11) is -3.87. The summed E-state index contributed by atoms with van der Waals surface area (Å²) in [5, 5.41) is 10.4. The van der Waals surface area contributed by atoms with Crippen LogP contribution in [0.3, 0.4) is 0 Å². The molecule has 3 aromatic rings. The number of piperazine rings is 1. The molecule has 1 saturated heterocycles. The quantitative estimate of drug-likeness (QED) is 0.289. The third-order valence-electron chi connectivity index (χ3n) is 7.23. The minimum atomic E-state index is -3.87. The van der Waals surface area contributed by atoms with Gasteiger partial charge in [-0.15, -0.1) is 37.2 Å². The van der Waals surface area contributed by atoms with Crippen molar-refractivity contribution in [2.24, 2.45) is 5.92 Å². The Morgan fingerprint density at radius 1 is 0.951 bits per heavy atom. The molecule has 1 fully saturated rings. The van der Waals surface area contributed by atoms with Gasteiger partial charge in [0.15, 0.2) is 0 Å². The standard InChI is InChI=1S/C29H38N4O4S.3ClH/c1-18(2)13-22(6)32-9-11-33(12-10-32)27-17-25(29(34)35)24-16-23(7-8-26(24)30-27)31-38(36,37)28-20(4)14-19(3)15-21(28)5;;;/h7-8,14-18,22,31H,9-13H2,1-6H3,(H,34,35);3*1H. The molecule has 4 rings (SSSR count). The molecule has 1 atom stereocenters. The normalized spacial score (nSPS) is 14.6. The number of aromatic carboxylic acids is 1. The SMILES string of the molecule is Cc1cc(C)c(S(=O)(=O)Nc2ccc3nc(N4CCN(C(C)CC(C)C)CC4)cc(C(=O)O)c3c2)c(C)c1.Cl.Cl.Cl. The summed E-state index contributed by atoms with van der Waals surface area (Å²) < 4.78 is 29.1. The molecule has 0 radical (unpaired) electrons. The lowest BCUT2D eigenvalue weighted by Gasteiger charge is -2.39. The molecule has 228 valence electrons. The Bertz CT molecular complexity index is 1450. The van der Waals surface area contributed by atoms with Crippen molar-refractivity contribution in [2.45, 2.75) is 58.9 Å². The van der Waals surface area contributed by atoms with Crippen molar-refractivity contribution in [3.05, 3.63) is 58.7 Å². The minimum Gasteiger partial charge on any atom is -0.478 e. The summed E-state index contributed by atoms with van der Waals surface area (Å²) in [4.78, 5) is 21.8. The van der Waals surface area contributed by atoms with E-state index in [-0.39, 0.29) is 47.7 Å². The molecule has 1 aromatic heterocycles. The highest BCUT2D eigenvalue weighted by Crippen LogP contribution is 2.29. The maximum absolute atomic E-state index is 13.2. The third kappa shape index (κ3) is 8.38. The van der Waals surface area contributed by atoms with Crippen LogP contribution in [0, 0.1) is 26.7 Å². The molecular formula is C29H41Cl3N4O4S. The molecule has 1 aliphatic heterocycles. The van der Waals surface area contributed by atoms with Gasteiger partial charge < -0.3 is 10.0 Å². The van der Waals surface area contributed by atoms with Crippen LogP contribution in [-0.4, -0.2) is 61.6 Å². The molecule has 41 heavy (non-hydrogen) atoms. The molecule has 1 unspecified atom stereocenters. The van der Waals surface area contributed by atoms with Crippen LogP contribution in [0.2, 0.25) is 0 Å². The lowest BCUT2D eigenvalue weighted by atomic mass is 10.0. The molecular weight excluding hydrogens is 607 g/mol. The van der Waals surface area contributed by atoms with E-state index in [9.17, 15) is 18.3 Å². The number of carboxylic acids is 1. The summed E-state index contributed by atoms with van der Waals surface area (Å²) >= 11 is 0. The summed E-state index contributed by atoms with van der Waals surface area (Å²) in [6.07, 6.45) is 1.15. The molecule has 2 heterocycles. The Morgan fingerprint density at radius 3 is 2.07 bits per heavy atom. The first-order chi connectivity index (χ1) is 17.9. The van der Waals surface area contributed by atoms with Crippen molar-refractivity contribution in [1.82, 2.24) is 9.88 Å². The molecule has 2 N–H and O–H groups in total. The summed E-state index contributed by atoms with van der Waals surface area (Å²) in [5.74, 6) is 0.195. The number of halogens is 3. The number of aryl methyl sites for hydroxylation is 3. The van der Waals surface area contributed by atoms with Crippen molar-refractivity contribution < 1.29 is 18.3 Å². The smallest absolute Gasteiger partial charge is 0.336 e.